The average molecular weight is 536 g/mol. The molecule has 0 aliphatic carbocycles. The van der Waals surface area contributed by atoms with E-state index in [1.165, 1.54) is 0 Å². The SMILES string of the molecule is C.C=CC(F)(F)F.FC(F)(F)F.FCC(F)(F)F.FCF.O=C(F)C(F)(F)F.O=C(F)F. The van der Waals surface area contributed by atoms with Crippen LogP contribution in [0.15, 0.2) is 12.7 Å². The van der Waals surface area contributed by atoms with Crippen molar-refractivity contribution in [1.82, 2.24) is 0 Å². The van der Waals surface area contributed by atoms with Crippen LogP contribution in [0, 0.1) is 0 Å². The number of carbonyl (C=O) groups excluding carboxylic acids is 2. The Morgan fingerprint density at radius 3 is 0.781 bits per heavy atom. The van der Waals surface area contributed by atoms with Crippen LogP contribution in [0.4, 0.5) is 88.2 Å². The van der Waals surface area contributed by atoms with E-state index in [1.54, 1.807) is 0 Å². The van der Waals surface area contributed by atoms with Gasteiger partial charge in [0.05, 0.1) is 0 Å². The first-order chi connectivity index (χ1) is 13.2. The maximum absolute atomic E-state index is 10.7. The summed E-state index contributed by atoms with van der Waals surface area (Å²) in [5, 5.41) is 0. The minimum absolute atomic E-state index is 0. The first-order valence-electron chi connectivity index (χ1n) is 5.53. The summed E-state index contributed by atoms with van der Waals surface area (Å²) in [7, 11) is 0. The lowest BCUT2D eigenvalue weighted by atomic mass is 10.6. The van der Waals surface area contributed by atoms with Crippen LogP contribution in [0.25, 0.3) is 0 Å². The summed E-state index contributed by atoms with van der Waals surface area (Å²) in [6.45, 7) is -1.47. The Labute approximate surface area is 165 Å². The molecule has 0 radical (unpaired) electrons. The summed E-state index contributed by atoms with van der Waals surface area (Å²) in [5.41, 5.74) is 0. The molecule has 200 valence electrons. The lowest BCUT2D eigenvalue weighted by Gasteiger charge is -1.93. The Morgan fingerprint density at radius 2 is 0.781 bits per heavy atom. The highest BCUT2D eigenvalue weighted by Crippen LogP contribution is 2.16. The van der Waals surface area contributed by atoms with Crippen molar-refractivity contribution in [2.75, 3.05) is 13.6 Å². The molecule has 0 heterocycles. The minimum atomic E-state index is -5.50. The van der Waals surface area contributed by atoms with Gasteiger partial charge in [0.15, 0.2) is 6.67 Å². The number of hydrogen-bond acceptors (Lipinski definition) is 2. The van der Waals surface area contributed by atoms with Crippen molar-refractivity contribution in [3.05, 3.63) is 12.7 Å². The van der Waals surface area contributed by atoms with Gasteiger partial charge in [-0.1, -0.05) is 14.0 Å². The van der Waals surface area contributed by atoms with Crippen LogP contribution < -0.4 is 0 Å². The number of rotatable bonds is 0. The fourth-order valence-corrected chi connectivity index (χ4v) is 0. The van der Waals surface area contributed by atoms with E-state index in [4.69, 9.17) is 9.59 Å². The highest BCUT2D eigenvalue weighted by molar-refractivity contribution is 5.74. The maximum Gasteiger partial charge on any atom is 0.559 e. The standard InChI is InChI=1S/C3H3F3.C2F4O.C2H2F4.CF4.CF2O.CH2F2.CH4/c1-2-3(4,5)6;3-1(7)2(4,5)6;3-1-2(4,5)6;2-1(3,4)5;2-1(3)4;2-1-3;/h2H,1H2;;1H2;;;1H2;1H4. The van der Waals surface area contributed by atoms with Gasteiger partial charge in [-0.25, -0.2) is 18.0 Å². The lowest BCUT2D eigenvalue weighted by Crippen LogP contribution is -2.16. The summed E-state index contributed by atoms with van der Waals surface area (Å²) in [5.74, 6) is 0. The number of hydrogen-bond donors (Lipinski definition) is 0. The van der Waals surface area contributed by atoms with Crippen LogP contribution in [0.2, 0.25) is 0 Å². The van der Waals surface area contributed by atoms with E-state index < -0.39 is 50.9 Å². The Balaban J connectivity index is -0.0000000474. The summed E-state index contributed by atoms with van der Waals surface area (Å²) < 4.78 is 193. The van der Waals surface area contributed by atoms with Gasteiger partial charge in [0, 0.05) is 6.08 Å². The number of allylic oxidation sites excluding steroid dienone is 1. The summed E-state index contributed by atoms with van der Waals surface area (Å²) in [6, 6.07) is -3.26. The molecule has 0 aromatic rings. The minimum Gasteiger partial charge on any atom is -0.250 e. The van der Waals surface area contributed by atoms with Gasteiger partial charge >= 0.3 is 37.3 Å². The first-order valence-corrected chi connectivity index (χ1v) is 5.53. The quantitative estimate of drug-likeness (QED) is 0.177. The van der Waals surface area contributed by atoms with Crippen molar-refractivity contribution in [2.24, 2.45) is 0 Å². The largest absolute Gasteiger partial charge is 0.559 e. The van der Waals surface area contributed by atoms with Crippen molar-refractivity contribution < 1.29 is 93.0 Å². The van der Waals surface area contributed by atoms with E-state index in [2.05, 4.69) is 6.58 Å². The van der Waals surface area contributed by atoms with Gasteiger partial charge in [0.2, 0.25) is 6.93 Å². The van der Waals surface area contributed by atoms with E-state index in [1.807, 2.05) is 0 Å². The molecule has 0 aromatic heterocycles. The molecule has 0 aromatic carbocycles. The van der Waals surface area contributed by atoms with E-state index in [0.29, 0.717) is 0 Å². The Bertz CT molecular complexity index is 421. The molecular weight excluding hydrogens is 525 g/mol. The third-order valence-corrected chi connectivity index (χ3v) is 0.606. The molecule has 0 aliphatic rings. The predicted molar refractivity (Wildman–Crippen MR) is 69.0 cm³/mol. The lowest BCUT2D eigenvalue weighted by molar-refractivity contribution is -0.237. The molecule has 0 unspecified atom stereocenters. The second-order valence-electron chi connectivity index (χ2n) is 3.02. The third-order valence-electron chi connectivity index (χ3n) is 0.606. The molecule has 0 fully saturated rings. The van der Waals surface area contributed by atoms with Crippen LogP contribution in [-0.2, 0) is 4.79 Å². The highest BCUT2D eigenvalue weighted by Gasteiger charge is 2.38. The second kappa shape index (κ2) is 23.4. The fraction of sp³-hybridized carbons (Fsp3) is 0.636. The molecule has 32 heavy (non-hydrogen) atoms. The monoisotopic (exact) mass is 536 g/mol. The molecule has 0 amide bonds. The van der Waals surface area contributed by atoms with Crippen LogP contribution in [0.1, 0.15) is 7.43 Å². The van der Waals surface area contributed by atoms with E-state index >= 15 is 0 Å². The van der Waals surface area contributed by atoms with Gasteiger partial charge in [-0.05, 0) is 0 Å². The van der Waals surface area contributed by atoms with Crippen molar-refractivity contribution >= 4 is 12.3 Å². The molecule has 0 bridgehead atoms. The van der Waals surface area contributed by atoms with Gasteiger partial charge in [0.1, 0.15) is 0 Å². The van der Waals surface area contributed by atoms with E-state index in [-0.39, 0.29) is 13.5 Å². The predicted octanol–water partition coefficient (Wildman–Crippen LogP) is 8.34. The molecule has 0 spiro atoms. The maximum atomic E-state index is 10.7. The van der Waals surface area contributed by atoms with Gasteiger partial charge < -0.3 is 0 Å². The Hall–Kier alpha value is -2.25. The molecule has 21 heteroatoms. The van der Waals surface area contributed by atoms with Crippen LogP contribution in [0.5, 0.6) is 0 Å². The summed E-state index contributed by atoms with van der Waals surface area (Å²) in [6.07, 6.45) is -22.5. The molecule has 0 saturated heterocycles. The zero-order valence-electron chi connectivity index (χ0n) is 13.7. The Morgan fingerprint density at radius 1 is 0.688 bits per heavy atom. The number of carbonyl (C=O) groups is 2. The van der Waals surface area contributed by atoms with Crippen LogP contribution >= 0.6 is 0 Å². The van der Waals surface area contributed by atoms with Gasteiger partial charge in [-0.2, -0.15) is 43.9 Å². The smallest absolute Gasteiger partial charge is 0.250 e. The summed E-state index contributed by atoms with van der Waals surface area (Å²) in [4.78, 5) is 16.8. The molecule has 0 aliphatic heterocycles. The van der Waals surface area contributed by atoms with Crippen molar-refractivity contribution in [3.63, 3.8) is 0 Å². The van der Waals surface area contributed by atoms with Crippen molar-refractivity contribution in [1.29, 1.82) is 0 Å². The topological polar surface area (TPSA) is 34.1 Å². The third kappa shape index (κ3) is 209. The zero-order chi connectivity index (χ0) is 27.3. The fourth-order valence-electron chi connectivity index (χ4n) is 0. The highest BCUT2D eigenvalue weighted by atomic mass is 19.5. The summed E-state index contributed by atoms with van der Waals surface area (Å²) >= 11 is 0. The van der Waals surface area contributed by atoms with Crippen LogP contribution in [-0.4, -0.2) is 50.9 Å². The van der Waals surface area contributed by atoms with Crippen molar-refractivity contribution in [3.8, 4) is 0 Å². The van der Waals surface area contributed by atoms with Crippen molar-refractivity contribution in [2.45, 2.75) is 32.4 Å². The average Bonchev–Trinajstić information content (AvgIpc) is 2.44. The van der Waals surface area contributed by atoms with E-state index in [9.17, 15) is 83.4 Å². The molecule has 2 nitrogen and oxygen atoms in total. The molecule has 0 rings (SSSR count). The molecule has 0 N–H and O–H groups in total. The van der Waals surface area contributed by atoms with E-state index in [0.717, 1.165) is 0 Å². The zero-order valence-corrected chi connectivity index (χ0v) is 13.7. The number of halogens is 19. The normalized spacial score (nSPS) is 10.1. The second-order valence-corrected chi connectivity index (χ2v) is 3.02. The van der Waals surface area contributed by atoms with Gasteiger partial charge in [0.25, 0.3) is 0 Å². The number of alkyl halides is 16. The van der Waals surface area contributed by atoms with Crippen LogP contribution in [0.3, 0.4) is 0 Å². The Kier molecular flexibility index (Phi) is 34.8. The molecule has 0 saturated carbocycles. The van der Waals surface area contributed by atoms with Gasteiger partial charge in [-0.3, -0.25) is 4.79 Å². The molecule has 0 atom stereocenters. The van der Waals surface area contributed by atoms with Gasteiger partial charge in [-0.15, -0.1) is 26.3 Å². The molecular formula is C11H11F19O2. The first kappa shape index (κ1) is 47.5.